The van der Waals surface area contributed by atoms with Crippen molar-refractivity contribution in [3.8, 4) is 21.8 Å². The number of hydrogen-bond donors (Lipinski definition) is 1. The lowest BCUT2D eigenvalue weighted by atomic mass is 9.84. The molecule has 1 atom stereocenters. The molecule has 1 saturated heterocycles. The Kier molecular flexibility index (Phi) is 6.09. The van der Waals surface area contributed by atoms with Gasteiger partial charge in [0, 0.05) is 43.1 Å². The van der Waals surface area contributed by atoms with Crippen LogP contribution in [0.15, 0.2) is 77.4 Å². The molecular weight excluding hydrogens is 534 g/mol. The number of aromatic nitrogens is 4. The summed E-state index contributed by atoms with van der Waals surface area (Å²) in [4.78, 5) is 28.1. The van der Waals surface area contributed by atoms with Gasteiger partial charge in [-0.1, -0.05) is 35.9 Å². The molecular formula is C28H25N5O4S2. The second-order valence-corrected chi connectivity index (χ2v) is 12.4. The molecule has 0 unspecified atom stereocenters. The number of carbonyl (C=O) groups excluding carboxylic acids is 1. The van der Waals surface area contributed by atoms with Crippen LogP contribution in [-0.4, -0.2) is 56.8 Å². The summed E-state index contributed by atoms with van der Waals surface area (Å²) in [7, 11) is -2.23. The number of benzene rings is 2. The maximum absolute atomic E-state index is 13.5. The van der Waals surface area contributed by atoms with Gasteiger partial charge in [-0.2, -0.15) is 0 Å². The van der Waals surface area contributed by atoms with Crippen LogP contribution in [0.2, 0.25) is 0 Å². The zero-order chi connectivity index (χ0) is 27.4. The Bertz CT molecular complexity index is 1830. The monoisotopic (exact) mass is 559 g/mol. The Morgan fingerprint density at radius 2 is 1.85 bits per heavy atom. The average Bonchev–Trinajstić information content (AvgIpc) is 3.58. The van der Waals surface area contributed by atoms with Crippen LogP contribution in [0.5, 0.6) is 0 Å². The minimum atomic E-state index is -3.92. The minimum absolute atomic E-state index is 0.152. The van der Waals surface area contributed by atoms with E-state index in [1.54, 1.807) is 54.4 Å². The molecule has 3 aromatic heterocycles. The Labute approximate surface area is 229 Å². The van der Waals surface area contributed by atoms with Gasteiger partial charge in [0.05, 0.1) is 16.2 Å². The maximum Gasteiger partial charge on any atom is 0.269 e. The summed E-state index contributed by atoms with van der Waals surface area (Å²) >= 11 is 1.35. The molecule has 1 aliphatic rings. The van der Waals surface area contributed by atoms with Gasteiger partial charge in [-0.25, -0.2) is 22.4 Å². The van der Waals surface area contributed by atoms with Gasteiger partial charge in [0.25, 0.3) is 15.9 Å². The van der Waals surface area contributed by atoms with Gasteiger partial charge in [-0.3, -0.25) is 9.78 Å². The first kappa shape index (κ1) is 25.4. The van der Waals surface area contributed by atoms with Crippen LogP contribution in [0.3, 0.4) is 0 Å². The lowest BCUT2D eigenvalue weighted by molar-refractivity contribution is -0.156. The highest BCUT2D eigenvalue weighted by Crippen LogP contribution is 2.37. The van der Waals surface area contributed by atoms with E-state index in [9.17, 15) is 18.3 Å². The summed E-state index contributed by atoms with van der Waals surface area (Å²) in [5.74, 6) is -0.314. The van der Waals surface area contributed by atoms with Crippen molar-refractivity contribution in [2.24, 2.45) is 0 Å². The number of likely N-dealkylation sites (N-methyl/N-ethyl adjacent to an activating group) is 1. The highest BCUT2D eigenvalue weighted by molar-refractivity contribution is 7.90. The Hall–Kier alpha value is -3.93. The Balaban J connectivity index is 1.41. The Morgan fingerprint density at radius 1 is 1.08 bits per heavy atom. The molecule has 2 aromatic carbocycles. The largest absolute Gasteiger partial charge is 0.375 e. The molecule has 5 aromatic rings. The molecule has 1 N–H and O–H groups in total. The topological polar surface area (TPSA) is 118 Å². The smallest absolute Gasteiger partial charge is 0.269 e. The molecule has 1 aliphatic heterocycles. The van der Waals surface area contributed by atoms with Crippen LogP contribution in [0.1, 0.15) is 24.0 Å². The third-order valence-electron chi connectivity index (χ3n) is 7.07. The lowest BCUT2D eigenvalue weighted by Crippen LogP contribution is -2.49. The first-order chi connectivity index (χ1) is 18.7. The fourth-order valence-corrected chi connectivity index (χ4v) is 7.07. The average molecular weight is 560 g/mol. The number of amides is 1. The van der Waals surface area contributed by atoms with Crippen LogP contribution in [0.25, 0.3) is 33.0 Å². The summed E-state index contributed by atoms with van der Waals surface area (Å²) in [6, 6.07) is 13.9. The summed E-state index contributed by atoms with van der Waals surface area (Å²) < 4.78 is 28.2. The zero-order valence-corrected chi connectivity index (χ0v) is 22.9. The van der Waals surface area contributed by atoms with Crippen molar-refractivity contribution in [1.29, 1.82) is 0 Å². The van der Waals surface area contributed by atoms with Gasteiger partial charge >= 0.3 is 0 Å². The van der Waals surface area contributed by atoms with Crippen molar-refractivity contribution in [3.05, 3.63) is 83.6 Å². The van der Waals surface area contributed by atoms with E-state index in [0.717, 1.165) is 15.1 Å². The van der Waals surface area contributed by atoms with Crippen molar-refractivity contribution >= 4 is 38.4 Å². The number of piperidine rings is 1. The number of nitrogens with zero attached hydrogens (tertiary/aromatic N) is 5. The van der Waals surface area contributed by atoms with E-state index in [4.69, 9.17) is 4.98 Å². The van der Waals surface area contributed by atoms with Crippen molar-refractivity contribution in [2.75, 3.05) is 13.6 Å². The third kappa shape index (κ3) is 4.22. The molecule has 0 spiro atoms. The molecule has 1 fully saturated rings. The molecule has 0 radical (unpaired) electrons. The molecule has 0 saturated carbocycles. The number of hydrogen-bond acceptors (Lipinski definition) is 8. The second-order valence-electron chi connectivity index (χ2n) is 9.69. The fourth-order valence-electron chi connectivity index (χ4n) is 4.91. The maximum atomic E-state index is 13.5. The number of likely N-dealkylation sites (tertiary alicyclic amines) is 1. The second kappa shape index (κ2) is 9.37. The standard InChI is InChI=1S/C28H25N5O4S2/c1-18-7-9-21(10-8-18)39(36,37)33-16-22(24-25(33)30-13-12-29-24)26-31-23(17-38-26)19-5-3-6-20(15-19)28(35)11-4-14-32(2)27(28)34/h3,5-10,12-13,15-17,35H,4,11,14H2,1-2H3/t28-/m1/s1. The van der Waals surface area contributed by atoms with Gasteiger partial charge < -0.3 is 10.0 Å². The first-order valence-corrected chi connectivity index (χ1v) is 14.7. The van der Waals surface area contributed by atoms with E-state index in [0.29, 0.717) is 46.7 Å². The number of fused-ring (bicyclic) bond motifs is 1. The lowest BCUT2D eigenvalue weighted by Gasteiger charge is -2.36. The van der Waals surface area contributed by atoms with Crippen molar-refractivity contribution in [1.82, 2.24) is 23.8 Å². The van der Waals surface area contributed by atoms with E-state index >= 15 is 0 Å². The van der Waals surface area contributed by atoms with Crippen LogP contribution >= 0.6 is 11.3 Å². The molecule has 4 heterocycles. The van der Waals surface area contributed by atoms with Gasteiger partial charge in [0.15, 0.2) is 11.2 Å². The van der Waals surface area contributed by atoms with E-state index < -0.39 is 15.6 Å². The van der Waals surface area contributed by atoms with E-state index in [1.165, 1.54) is 29.9 Å². The van der Waals surface area contributed by atoms with Crippen molar-refractivity contribution in [3.63, 3.8) is 0 Å². The summed E-state index contributed by atoms with van der Waals surface area (Å²) in [6.07, 6.45) is 5.56. The molecule has 11 heteroatoms. The van der Waals surface area contributed by atoms with Gasteiger partial charge in [0.2, 0.25) is 0 Å². The van der Waals surface area contributed by atoms with Crippen LogP contribution in [0, 0.1) is 6.92 Å². The predicted molar refractivity (Wildman–Crippen MR) is 149 cm³/mol. The molecule has 0 bridgehead atoms. The van der Waals surface area contributed by atoms with E-state index in [1.807, 2.05) is 18.4 Å². The van der Waals surface area contributed by atoms with E-state index in [2.05, 4.69) is 9.97 Å². The van der Waals surface area contributed by atoms with Gasteiger partial charge in [-0.15, -0.1) is 11.3 Å². The predicted octanol–water partition coefficient (Wildman–Crippen LogP) is 4.21. The SMILES string of the molecule is Cc1ccc(S(=O)(=O)n2cc(-c3nc(-c4cccc([C@]5(O)CCCN(C)C5=O)c4)cs3)c3nccnc32)cc1. The van der Waals surface area contributed by atoms with Crippen molar-refractivity contribution < 1.29 is 18.3 Å². The number of carbonyl (C=O) groups is 1. The van der Waals surface area contributed by atoms with Crippen LogP contribution < -0.4 is 0 Å². The molecule has 39 heavy (non-hydrogen) atoms. The number of rotatable bonds is 5. The number of aliphatic hydroxyl groups is 1. The minimum Gasteiger partial charge on any atom is -0.375 e. The first-order valence-electron chi connectivity index (χ1n) is 12.4. The Morgan fingerprint density at radius 3 is 2.64 bits per heavy atom. The third-order valence-corrected chi connectivity index (χ3v) is 9.61. The molecule has 9 nitrogen and oxygen atoms in total. The van der Waals surface area contributed by atoms with Crippen molar-refractivity contribution in [2.45, 2.75) is 30.3 Å². The van der Waals surface area contributed by atoms with Crippen LogP contribution in [0.4, 0.5) is 0 Å². The number of thiazole rings is 1. The van der Waals surface area contributed by atoms with E-state index in [-0.39, 0.29) is 16.4 Å². The normalized spacial score (nSPS) is 18.1. The van der Waals surface area contributed by atoms with Crippen LogP contribution in [-0.2, 0) is 20.4 Å². The highest BCUT2D eigenvalue weighted by Gasteiger charge is 2.42. The molecule has 6 rings (SSSR count). The summed E-state index contributed by atoms with van der Waals surface area (Å²) in [5.41, 5.74) is 2.48. The fraction of sp³-hybridized carbons (Fsp3) is 0.214. The zero-order valence-electron chi connectivity index (χ0n) is 21.3. The summed E-state index contributed by atoms with van der Waals surface area (Å²) in [5, 5.41) is 13.7. The quantitative estimate of drug-likeness (QED) is 0.343. The van der Waals surface area contributed by atoms with Gasteiger partial charge in [-0.05, 0) is 43.5 Å². The van der Waals surface area contributed by atoms with Gasteiger partial charge in [0.1, 0.15) is 10.5 Å². The highest BCUT2D eigenvalue weighted by atomic mass is 32.2. The number of aryl methyl sites for hydroxylation is 1. The summed E-state index contributed by atoms with van der Waals surface area (Å²) in [6.45, 7) is 2.51. The molecule has 198 valence electrons. The molecule has 0 aliphatic carbocycles. The molecule has 1 amide bonds.